The summed E-state index contributed by atoms with van der Waals surface area (Å²) in [5.41, 5.74) is 1.97. The van der Waals surface area contributed by atoms with Crippen LogP contribution in [0, 0.1) is 0 Å². The van der Waals surface area contributed by atoms with Crippen LogP contribution in [0.2, 0.25) is 0 Å². The van der Waals surface area contributed by atoms with Crippen molar-refractivity contribution in [2.45, 2.75) is 19.8 Å². The number of amides is 1. The van der Waals surface area contributed by atoms with Crippen molar-refractivity contribution in [3.8, 4) is 0 Å². The molecular formula is C15H22N2O2. The second-order valence-corrected chi connectivity index (χ2v) is 5.17. The van der Waals surface area contributed by atoms with Crippen LogP contribution in [0.25, 0.3) is 0 Å². The van der Waals surface area contributed by atoms with Crippen molar-refractivity contribution in [3.63, 3.8) is 0 Å². The van der Waals surface area contributed by atoms with Crippen LogP contribution in [0.1, 0.15) is 35.7 Å². The third-order valence-electron chi connectivity index (χ3n) is 3.41. The van der Waals surface area contributed by atoms with Crippen LogP contribution in [0.5, 0.6) is 0 Å². The lowest BCUT2D eigenvalue weighted by molar-refractivity contribution is 0.0334. The summed E-state index contributed by atoms with van der Waals surface area (Å²) in [6.07, 6.45) is 0. The van der Waals surface area contributed by atoms with E-state index in [1.54, 1.807) is 0 Å². The van der Waals surface area contributed by atoms with E-state index in [0.717, 1.165) is 31.9 Å². The Hall–Kier alpha value is -1.39. The molecule has 19 heavy (non-hydrogen) atoms. The summed E-state index contributed by atoms with van der Waals surface area (Å²) in [4.78, 5) is 14.2. The van der Waals surface area contributed by atoms with E-state index in [1.165, 1.54) is 5.56 Å². The van der Waals surface area contributed by atoms with Crippen LogP contribution in [-0.2, 0) is 4.74 Å². The van der Waals surface area contributed by atoms with E-state index in [2.05, 4.69) is 24.1 Å². The van der Waals surface area contributed by atoms with E-state index < -0.39 is 0 Å². The fourth-order valence-corrected chi connectivity index (χ4v) is 2.06. The highest BCUT2D eigenvalue weighted by molar-refractivity contribution is 5.94. The molecule has 0 aliphatic carbocycles. The number of ether oxygens (including phenoxy) is 1. The second kappa shape index (κ2) is 6.68. The number of hydrogen-bond acceptors (Lipinski definition) is 3. The van der Waals surface area contributed by atoms with Gasteiger partial charge in [0.1, 0.15) is 0 Å². The van der Waals surface area contributed by atoms with Crippen molar-refractivity contribution in [1.29, 1.82) is 0 Å². The van der Waals surface area contributed by atoms with Gasteiger partial charge >= 0.3 is 0 Å². The molecule has 1 N–H and O–H groups in total. The number of benzene rings is 1. The standard InChI is InChI=1S/C15H22N2O2/c1-12(2)13-3-5-14(6-4-13)15(18)16-11-17-7-9-19-10-8-17/h3-6,12H,7-11H2,1-2H3,(H,16,18). The van der Waals surface area contributed by atoms with E-state index in [4.69, 9.17) is 4.74 Å². The van der Waals surface area contributed by atoms with Gasteiger partial charge in [-0.2, -0.15) is 0 Å². The third kappa shape index (κ3) is 4.04. The first kappa shape index (κ1) is 14.0. The Balaban J connectivity index is 1.85. The molecule has 1 aromatic carbocycles. The van der Waals surface area contributed by atoms with E-state index in [9.17, 15) is 4.79 Å². The zero-order valence-corrected chi connectivity index (χ0v) is 11.7. The quantitative estimate of drug-likeness (QED) is 0.900. The van der Waals surface area contributed by atoms with Crippen molar-refractivity contribution >= 4 is 5.91 Å². The topological polar surface area (TPSA) is 41.6 Å². The largest absolute Gasteiger partial charge is 0.379 e. The van der Waals surface area contributed by atoms with Gasteiger partial charge in [0.15, 0.2) is 0 Å². The number of rotatable bonds is 4. The number of carbonyl (C=O) groups is 1. The Morgan fingerprint density at radius 3 is 2.47 bits per heavy atom. The smallest absolute Gasteiger partial charge is 0.252 e. The minimum Gasteiger partial charge on any atom is -0.379 e. The zero-order valence-electron chi connectivity index (χ0n) is 11.7. The lowest BCUT2D eigenvalue weighted by Crippen LogP contribution is -2.43. The molecule has 1 saturated heterocycles. The molecule has 1 aliphatic rings. The van der Waals surface area contributed by atoms with Gasteiger partial charge in [0.05, 0.1) is 19.9 Å². The Labute approximate surface area is 114 Å². The van der Waals surface area contributed by atoms with Crippen molar-refractivity contribution in [2.24, 2.45) is 0 Å². The number of morpholine rings is 1. The summed E-state index contributed by atoms with van der Waals surface area (Å²) in [7, 11) is 0. The molecule has 0 spiro atoms. The fraction of sp³-hybridized carbons (Fsp3) is 0.533. The van der Waals surface area contributed by atoms with Crippen LogP contribution in [0.3, 0.4) is 0 Å². The predicted octanol–water partition coefficient (Wildman–Crippen LogP) is 1.83. The Kier molecular flexibility index (Phi) is 4.93. The summed E-state index contributed by atoms with van der Waals surface area (Å²) < 4.78 is 5.27. The number of carbonyl (C=O) groups excluding carboxylic acids is 1. The van der Waals surface area contributed by atoms with Crippen LogP contribution in [-0.4, -0.2) is 43.8 Å². The zero-order chi connectivity index (χ0) is 13.7. The highest BCUT2D eigenvalue weighted by Gasteiger charge is 2.12. The van der Waals surface area contributed by atoms with Gasteiger partial charge in [-0.3, -0.25) is 9.69 Å². The van der Waals surface area contributed by atoms with Gasteiger partial charge in [-0.1, -0.05) is 26.0 Å². The molecule has 0 aromatic heterocycles. The van der Waals surface area contributed by atoms with Gasteiger partial charge < -0.3 is 10.1 Å². The molecule has 4 nitrogen and oxygen atoms in total. The molecule has 1 amide bonds. The van der Waals surface area contributed by atoms with Crippen molar-refractivity contribution in [1.82, 2.24) is 10.2 Å². The lowest BCUT2D eigenvalue weighted by atomic mass is 10.0. The first-order chi connectivity index (χ1) is 9.16. The van der Waals surface area contributed by atoms with Gasteiger partial charge in [-0.05, 0) is 23.6 Å². The average molecular weight is 262 g/mol. The van der Waals surface area contributed by atoms with Crippen molar-refractivity contribution < 1.29 is 9.53 Å². The van der Waals surface area contributed by atoms with Crippen molar-refractivity contribution in [3.05, 3.63) is 35.4 Å². The van der Waals surface area contributed by atoms with Gasteiger partial charge in [-0.15, -0.1) is 0 Å². The highest BCUT2D eigenvalue weighted by atomic mass is 16.5. The number of nitrogens with zero attached hydrogens (tertiary/aromatic N) is 1. The van der Waals surface area contributed by atoms with Gasteiger partial charge in [0, 0.05) is 18.7 Å². The molecule has 2 rings (SSSR count). The Bertz CT molecular complexity index is 409. The van der Waals surface area contributed by atoms with Gasteiger partial charge in [-0.25, -0.2) is 0 Å². The summed E-state index contributed by atoms with van der Waals surface area (Å²) >= 11 is 0. The third-order valence-corrected chi connectivity index (χ3v) is 3.41. The van der Waals surface area contributed by atoms with Crippen LogP contribution < -0.4 is 5.32 Å². The molecule has 0 atom stereocenters. The maximum Gasteiger partial charge on any atom is 0.252 e. The first-order valence-electron chi connectivity index (χ1n) is 6.85. The number of nitrogens with one attached hydrogen (secondary N) is 1. The average Bonchev–Trinajstić information content (AvgIpc) is 2.46. The fourth-order valence-electron chi connectivity index (χ4n) is 2.06. The maximum atomic E-state index is 12.0. The highest BCUT2D eigenvalue weighted by Crippen LogP contribution is 2.14. The van der Waals surface area contributed by atoms with Crippen molar-refractivity contribution in [2.75, 3.05) is 33.0 Å². The van der Waals surface area contributed by atoms with Crippen LogP contribution in [0.15, 0.2) is 24.3 Å². The lowest BCUT2D eigenvalue weighted by Gasteiger charge is -2.26. The van der Waals surface area contributed by atoms with Gasteiger partial charge in [0.25, 0.3) is 5.91 Å². The molecule has 0 unspecified atom stereocenters. The van der Waals surface area contributed by atoms with E-state index >= 15 is 0 Å². The summed E-state index contributed by atoms with van der Waals surface area (Å²) in [6.45, 7) is 8.15. The minimum absolute atomic E-state index is 0.0122. The molecule has 0 radical (unpaired) electrons. The predicted molar refractivity (Wildman–Crippen MR) is 75.3 cm³/mol. The minimum atomic E-state index is -0.0122. The van der Waals surface area contributed by atoms with E-state index in [-0.39, 0.29) is 5.91 Å². The molecule has 0 saturated carbocycles. The SMILES string of the molecule is CC(C)c1ccc(C(=O)NCN2CCOCC2)cc1. The summed E-state index contributed by atoms with van der Waals surface area (Å²) in [5, 5.41) is 2.95. The van der Waals surface area contributed by atoms with E-state index in [1.807, 2.05) is 24.3 Å². The molecule has 4 heteroatoms. The first-order valence-corrected chi connectivity index (χ1v) is 6.85. The molecule has 104 valence electrons. The normalized spacial score (nSPS) is 16.6. The van der Waals surface area contributed by atoms with E-state index in [0.29, 0.717) is 12.6 Å². The molecule has 1 aromatic rings. The second-order valence-electron chi connectivity index (χ2n) is 5.17. The number of hydrogen-bond donors (Lipinski definition) is 1. The molecule has 1 fully saturated rings. The molecule has 1 heterocycles. The Morgan fingerprint density at radius 2 is 1.89 bits per heavy atom. The Morgan fingerprint density at radius 1 is 1.26 bits per heavy atom. The van der Waals surface area contributed by atoms with Crippen LogP contribution in [0.4, 0.5) is 0 Å². The molecule has 0 bridgehead atoms. The monoisotopic (exact) mass is 262 g/mol. The summed E-state index contributed by atoms with van der Waals surface area (Å²) in [6, 6.07) is 7.83. The maximum absolute atomic E-state index is 12.0. The van der Waals surface area contributed by atoms with Gasteiger partial charge in [0.2, 0.25) is 0 Å². The summed E-state index contributed by atoms with van der Waals surface area (Å²) in [5.74, 6) is 0.479. The molecular weight excluding hydrogens is 240 g/mol. The molecule has 1 aliphatic heterocycles. The van der Waals surface area contributed by atoms with Crippen LogP contribution >= 0.6 is 0 Å².